The quantitative estimate of drug-likeness (QED) is 0.151. The summed E-state index contributed by atoms with van der Waals surface area (Å²) in [7, 11) is 1.63. The van der Waals surface area contributed by atoms with Crippen molar-refractivity contribution in [2.45, 2.75) is 166 Å². The number of hydrogen-bond acceptors (Lipinski definition) is 21. The van der Waals surface area contributed by atoms with E-state index in [2.05, 4.69) is 136 Å². The summed E-state index contributed by atoms with van der Waals surface area (Å²) in [6, 6.07) is 32.4. The molecule has 20 rings (SSSR count). The van der Waals surface area contributed by atoms with E-state index in [9.17, 15) is 0 Å². The van der Waals surface area contributed by atoms with Crippen molar-refractivity contribution >= 4 is 52.2 Å². The minimum absolute atomic E-state index is 0.0153. The van der Waals surface area contributed by atoms with Gasteiger partial charge in [-0.3, -0.25) is 15.0 Å². The van der Waals surface area contributed by atoms with Crippen molar-refractivity contribution in [2.75, 3.05) is 40.1 Å². The monoisotopic (exact) mass is 1450 g/mol. The zero-order valence-electron chi connectivity index (χ0n) is 61.2. The van der Waals surface area contributed by atoms with E-state index in [1.54, 1.807) is 60.8 Å². The molecule has 5 atom stereocenters. The molecule has 0 saturated carbocycles. The van der Waals surface area contributed by atoms with Crippen molar-refractivity contribution in [3.05, 3.63) is 218 Å². The lowest BCUT2D eigenvalue weighted by Crippen LogP contribution is -2.35. The Balaban J connectivity index is 0.000000102. The molecule has 5 aromatic heterocycles. The second kappa shape index (κ2) is 29.6. The summed E-state index contributed by atoms with van der Waals surface area (Å²) in [6.45, 7) is 15.3. The first-order valence-electron chi connectivity index (χ1n) is 36.8. The lowest BCUT2D eigenvalue weighted by Gasteiger charge is -2.31. The molecule has 5 spiro atoms. The first-order chi connectivity index (χ1) is 51.6. The van der Waals surface area contributed by atoms with Crippen LogP contribution < -0.4 is 4.74 Å². The molecule has 0 fully saturated rings. The topological polar surface area (TPSA) is 220 Å². The van der Waals surface area contributed by atoms with Gasteiger partial charge in [0.05, 0.1) is 47.8 Å². The summed E-state index contributed by atoms with van der Waals surface area (Å²) < 4.78 is 33.4. The van der Waals surface area contributed by atoms with Crippen molar-refractivity contribution in [1.29, 1.82) is 0 Å². The van der Waals surface area contributed by atoms with Crippen LogP contribution in [0.1, 0.15) is 128 Å². The number of hydrogen-bond donors (Lipinski definition) is 0. The van der Waals surface area contributed by atoms with Crippen LogP contribution in [-0.2, 0) is 87.9 Å². The van der Waals surface area contributed by atoms with E-state index in [4.69, 9.17) is 53.4 Å². The molecule has 5 aliphatic heterocycles. The fraction of sp³-hybridized carbons (Fsp3) is 0.376. The molecule has 106 heavy (non-hydrogen) atoms. The molecule has 5 aliphatic carbocycles. The maximum Gasteiger partial charge on any atom is 0.240 e. The Hall–Kier alpha value is -10.3. The van der Waals surface area contributed by atoms with E-state index in [0.717, 1.165) is 178 Å². The average molecular weight is 1450 g/mol. The molecule has 0 radical (unpaired) electrons. The summed E-state index contributed by atoms with van der Waals surface area (Å²) >= 11 is 3.36. The van der Waals surface area contributed by atoms with Crippen molar-refractivity contribution in [1.82, 2.24) is 39.9 Å². The SMILES string of the molecule is CC1=NC2(CCc3c(cccc3-c3cncc(C)n3)C2)CO1.CC1=NC2(CCc3c(cccc3-c3cnccn3)C2)CO1.CC1=NC2(CCc3c(cccc3-c3cscn3)C2)CO1.CC1=NC2(CCc3c(cccc3-c3nccs3)C2)CO1.COc1nccnc1-c1cccc2c1CCC1(COC(C)=N1)C2. The zero-order chi connectivity index (χ0) is 72.5. The number of aliphatic imine (C=N–C) groups is 5. The lowest BCUT2D eigenvalue weighted by atomic mass is 9.77. The van der Waals surface area contributed by atoms with Gasteiger partial charge in [-0.25, -0.2) is 49.9 Å². The first-order valence-corrected chi connectivity index (χ1v) is 38.6. The molecule has 10 aliphatic rings. The van der Waals surface area contributed by atoms with Crippen molar-refractivity contribution in [2.24, 2.45) is 25.0 Å². The molecule has 540 valence electrons. The number of aryl methyl sites for hydroxylation is 1. The number of thiazole rings is 2. The fourth-order valence-corrected chi connectivity index (χ4v) is 18.5. The van der Waals surface area contributed by atoms with Gasteiger partial charge in [-0.1, -0.05) is 91.0 Å². The summed E-state index contributed by atoms with van der Waals surface area (Å²) in [5.41, 5.74) is 26.5. The van der Waals surface area contributed by atoms with E-state index < -0.39 is 0 Å². The van der Waals surface area contributed by atoms with Crippen LogP contribution in [0.5, 0.6) is 5.88 Å². The predicted molar refractivity (Wildman–Crippen MR) is 418 cm³/mol. The average Bonchev–Trinajstić information content (AvgIpc) is 0.972. The van der Waals surface area contributed by atoms with Crippen LogP contribution in [0.4, 0.5) is 0 Å². The minimum Gasteiger partial charge on any atom is -0.479 e. The van der Waals surface area contributed by atoms with Crippen LogP contribution in [0, 0.1) is 6.92 Å². The molecule has 0 N–H and O–H groups in total. The number of fused-ring (bicyclic) bond motifs is 5. The largest absolute Gasteiger partial charge is 0.479 e. The maximum atomic E-state index is 5.62. The smallest absolute Gasteiger partial charge is 0.240 e. The first kappa shape index (κ1) is 70.1. The zero-order valence-corrected chi connectivity index (χ0v) is 62.9. The number of methoxy groups -OCH3 is 1. The van der Waals surface area contributed by atoms with Crippen LogP contribution in [0.2, 0.25) is 0 Å². The molecule has 5 unspecified atom stereocenters. The van der Waals surface area contributed by atoms with Gasteiger partial charge in [0, 0.05) is 142 Å². The Labute approximate surface area is 627 Å². The van der Waals surface area contributed by atoms with Gasteiger partial charge < -0.3 is 28.4 Å². The molecular weight excluding hydrogens is 1360 g/mol. The Bertz CT molecular complexity index is 4970. The highest BCUT2D eigenvalue weighted by Gasteiger charge is 2.44. The third-order valence-electron chi connectivity index (χ3n) is 22.2. The summed E-state index contributed by atoms with van der Waals surface area (Å²) in [6.07, 6.45) is 29.3. The van der Waals surface area contributed by atoms with Gasteiger partial charge in [0.25, 0.3) is 0 Å². The summed E-state index contributed by atoms with van der Waals surface area (Å²) in [5.74, 6) is 4.70. The number of rotatable bonds is 6. The molecule has 5 aromatic carbocycles. The highest BCUT2D eigenvalue weighted by molar-refractivity contribution is 7.13. The van der Waals surface area contributed by atoms with Gasteiger partial charge >= 0.3 is 0 Å². The molecule has 0 saturated heterocycles. The van der Waals surface area contributed by atoms with E-state index in [0.29, 0.717) is 25.7 Å². The van der Waals surface area contributed by atoms with Crippen LogP contribution in [-0.4, -0.2) is 137 Å². The normalized spacial score (nSPS) is 23.5. The van der Waals surface area contributed by atoms with Crippen molar-refractivity contribution in [3.8, 4) is 61.5 Å². The molecule has 0 bridgehead atoms. The third kappa shape index (κ3) is 14.6. The standard InChI is InChI=1S/C18H19N3O2.C18H19N3O.C17H17N3O.2C16H16N2OS/c1-12-21-18(11-23-12)7-6-14-13(10-18)4-3-5-15(14)16-17(22-2)20-9-8-19-16;1-12-9-19-10-17(20-12)16-5-3-4-14-8-18(7-6-15(14)16)11-22-13(2)21-18;1-12-20-17(11-21-12)6-5-14-13(9-17)3-2-4-15(14)16-10-18-7-8-19-16;1-11-18-16(9-19-11)6-5-13-12(7-16)3-2-4-14(13)15-8-20-10-17-15;1-11-18-16(10-19-11)6-5-13-12(9-16)3-2-4-14(13)15-17-7-8-20-15/h3-5,8-9H,6-7,10-11H2,1-2H3;3-5,9-10H,6-8,11H2,1-2H3;2-4,7-8,10H,5-6,9,11H2,1H3;2-4,8,10H,5-7,9H2,1H3;2-4,7-8H,5-6,9-10H2,1H3. The van der Waals surface area contributed by atoms with E-state index >= 15 is 0 Å². The Morgan fingerprint density at radius 2 is 0.774 bits per heavy atom. The summed E-state index contributed by atoms with van der Waals surface area (Å²) in [5, 5.41) is 5.29. The Kier molecular flexibility index (Phi) is 19.6. The molecule has 19 nitrogen and oxygen atoms in total. The Morgan fingerprint density at radius 1 is 0.377 bits per heavy atom. The van der Waals surface area contributed by atoms with Crippen LogP contribution >= 0.6 is 22.7 Å². The molecule has 10 aromatic rings. The van der Waals surface area contributed by atoms with Crippen LogP contribution in [0.25, 0.3) is 55.6 Å². The van der Waals surface area contributed by atoms with E-state index in [-0.39, 0.29) is 27.7 Å². The second-order valence-corrected chi connectivity index (χ2v) is 31.2. The highest BCUT2D eigenvalue weighted by atomic mass is 32.1. The number of ether oxygens (including phenoxy) is 6. The molecule has 10 heterocycles. The van der Waals surface area contributed by atoms with Gasteiger partial charge in [0.1, 0.15) is 71.4 Å². The summed E-state index contributed by atoms with van der Waals surface area (Å²) in [4.78, 5) is 59.0. The van der Waals surface area contributed by atoms with Crippen molar-refractivity contribution in [3.63, 3.8) is 0 Å². The van der Waals surface area contributed by atoms with Crippen LogP contribution in [0.3, 0.4) is 0 Å². The lowest BCUT2D eigenvalue weighted by molar-refractivity contribution is 0.236. The Morgan fingerprint density at radius 3 is 1.16 bits per heavy atom. The van der Waals surface area contributed by atoms with Gasteiger partial charge in [-0.15, -0.1) is 22.7 Å². The highest BCUT2D eigenvalue weighted by Crippen LogP contribution is 2.45. The molecule has 21 heteroatoms. The minimum atomic E-state index is -0.0812. The van der Waals surface area contributed by atoms with E-state index in [1.807, 2.05) is 71.0 Å². The number of benzene rings is 5. The van der Waals surface area contributed by atoms with Crippen LogP contribution in [0.15, 0.2) is 182 Å². The van der Waals surface area contributed by atoms with Crippen molar-refractivity contribution < 1.29 is 28.4 Å². The number of aromatic nitrogens is 8. The maximum absolute atomic E-state index is 5.62. The van der Waals surface area contributed by atoms with E-state index in [1.165, 1.54) is 77.9 Å². The van der Waals surface area contributed by atoms with Gasteiger partial charge in [0.15, 0.2) is 29.5 Å². The third-order valence-corrected chi connectivity index (χ3v) is 23.6. The van der Waals surface area contributed by atoms with Gasteiger partial charge in [-0.05, 0) is 127 Å². The fourth-order valence-electron chi connectivity index (χ4n) is 17.3. The van der Waals surface area contributed by atoms with Gasteiger partial charge in [-0.2, -0.15) is 0 Å². The van der Waals surface area contributed by atoms with Gasteiger partial charge in [0.2, 0.25) is 5.88 Å². The molecule has 0 amide bonds. The predicted octanol–water partition coefficient (Wildman–Crippen LogP) is 15.7. The molecular formula is C85H87N13O6S2. The number of nitrogens with zero attached hydrogens (tertiary/aromatic N) is 13. The second-order valence-electron chi connectivity index (χ2n) is 29.6.